The van der Waals surface area contributed by atoms with Crippen LogP contribution in [0.4, 0.5) is 14.6 Å². The topological polar surface area (TPSA) is 71.1 Å². The summed E-state index contributed by atoms with van der Waals surface area (Å²) in [4.78, 5) is 18.7. The van der Waals surface area contributed by atoms with Crippen molar-refractivity contribution in [2.75, 3.05) is 25.2 Å². The molecule has 0 bridgehead atoms. The summed E-state index contributed by atoms with van der Waals surface area (Å²) in [5.41, 5.74) is 1.38. The number of Topliss-reactive ketones (excluding diaryl/α,β-unsaturated/α-hetero) is 1. The van der Waals surface area contributed by atoms with Crippen molar-refractivity contribution in [3.05, 3.63) is 53.2 Å². The van der Waals surface area contributed by atoms with E-state index in [0.29, 0.717) is 60.4 Å². The van der Waals surface area contributed by atoms with Crippen molar-refractivity contribution >= 4 is 22.6 Å². The van der Waals surface area contributed by atoms with Crippen LogP contribution < -0.4 is 4.90 Å². The van der Waals surface area contributed by atoms with E-state index in [9.17, 15) is 13.6 Å². The number of aromatic nitrogens is 3. The summed E-state index contributed by atoms with van der Waals surface area (Å²) in [5.74, 6) is -0.316. The SMILES string of the molecule is COCCCC(=O)c1cnc2[nH]nc(N3CCC[C@@H]3c3cc(F)ccc3F)c2c1. The summed E-state index contributed by atoms with van der Waals surface area (Å²) in [5, 5.41) is 7.95. The van der Waals surface area contributed by atoms with Crippen molar-refractivity contribution in [3.63, 3.8) is 0 Å². The molecule has 4 rings (SSSR count). The zero-order chi connectivity index (χ0) is 20.4. The maximum Gasteiger partial charge on any atom is 0.164 e. The van der Waals surface area contributed by atoms with E-state index in [1.807, 2.05) is 4.90 Å². The van der Waals surface area contributed by atoms with Crippen LogP contribution in [-0.4, -0.2) is 41.2 Å². The largest absolute Gasteiger partial charge is 0.385 e. The summed E-state index contributed by atoms with van der Waals surface area (Å²) in [7, 11) is 1.60. The minimum absolute atomic E-state index is 0.0160. The van der Waals surface area contributed by atoms with Gasteiger partial charge < -0.3 is 9.64 Å². The molecule has 0 radical (unpaired) electrons. The minimum atomic E-state index is -0.467. The molecule has 0 aliphatic carbocycles. The Labute approximate surface area is 166 Å². The maximum atomic E-state index is 14.4. The van der Waals surface area contributed by atoms with E-state index in [2.05, 4.69) is 15.2 Å². The van der Waals surface area contributed by atoms with Crippen LogP contribution in [0.3, 0.4) is 0 Å². The molecule has 2 aromatic heterocycles. The first kappa shape index (κ1) is 19.4. The van der Waals surface area contributed by atoms with Gasteiger partial charge in [-0.05, 0) is 43.5 Å². The lowest BCUT2D eigenvalue weighted by Gasteiger charge is -2.25. The molecular formula is C21H22F2N4O2. The molecule has 1 aliphatic heterocycles. The quantitative estimate of drug-likeness (QED) is 0.476. The molecule has 1 aliphatic rings. The van der Waals surface area contributed by atoms with Gasteiger partial charge in [-0.2, -0.15) is 5.10 Å². The molecule has 1 atom stereocenters. The number of fused-ring (bicyclic) bond motifs is 1. The Morgan fingerprint density at radius 1 is 1.34 bits per heavy atom. The fourth-order valence-electron chi connectivity index (χ4n) is 3.90. The summed E-state index contributed by atoms with van der Waals surface area (Å²) >= 11 is 0. The number of aromatic amines is 1. The van der Waals surface area contributed by atoms with Gasteiger partial charge in [0, 0.05) is 44.0 Å². The van der Waals surface area contributed by atoms with Gasteiger partial charge >= 0.3 is 0 Å². The molecule has 0 saturated carbocycles. The maximum absolute atomic E-state index is 14.4. The lowest BCUT2D eigenvalue weighted by atomic mass is 10.0. The average molecular weight is 400 g/mol. The van der Waals surface area contributed by atoms with E-state index in [1.165, 1.54) is 12.3 Å². The molecule has 0 amide bonds. The van der Waals surface area contributed by atoms with Gasteiger partial charge in [0.05, 0.1) is 11.4 Å². The molecule has 1 saturated heterocycles. The average Bonchev–Trinajstić information content (AvgIpc) is 3.35. The van der Waals surface area contributed by atoms with E-state index >= 15 is 0 Å². The number of halogens is 2. The zero-order valence-electron chi connectivity index (χ0n) is 16.1. The first-order valence-electron chi connectivity index (χ1n) is 9.66. The number of nitrogens with zero attached hydrogens (tertiary/aromatic N) is 3. The van der Waals surface area contributed by atoms with E-state index < -0.39 is 11.6 Å². The lowest BCUT2D eigenvalue weighted by molar-refractivity contribution is 0.0963. The second kappa shape index (κ2) is 8.24. The second-order valence-electron chi connectivity index (χ2n) is 7.20. The Morgan fingerprint density at radius 3 is 3.03 bits per heavy atom. The van der Waals surface area contributed by atoms with Gasteiger partial charge in [-0.3, -0.25) is 9.89 Å². The number of anilines is 1. The molecule has 0 unspecified atom stereocenters. The van der Waals surface area contributed by atoms with Crippen molar-refractivity contribution in [1.82, 2.24) is 15.2 Å². The Balaban J connectivity index is 1.67. The number of ketones is 1. The molecule has 1 fully saturated rings. The number of hydrogen-bond acceptors (Lipinski definition) is 5. The Hall–Kier alpha value is -2.87. The highest BCUT2D eigenvalue weighted by atomic mass is 19.1. The van der Waals surface area contributed by atoms with Crippen LogP contribution in [0.15, 0.2) is 30.5 Å². The Kier molecular flexibility index (Phi) is 5.53. The van der Waals surface area contributed by atoms with Crippen molar-refractivity contribution < 1.29 is 18.3 Å². The summed E-state index contributed by atoms with van der Waals surface area (Å²) in [6, 6.07) is 4.97. The molecule has 6 nitrogen and oxygen atoms in total. The van der Waals surface area contributed by atoms with Gasteiger partial charge in [0.25, 0.3) is 0 Å². The zero-order valence-corrected chi connectivity index (χ0v) is 16.1. The highest BCUT2D eigenvalue weighted by molar-refractivity contribution is 6.00. The van der Waals surface area contributed by atoms with Crippen molar-refractivity contribution in [1.29, 1.82) is 0 Å². The summed E-state index contributed by atoms with van der Waals surface area (Å²) in [6.07, 6.45) is 4.07. The molecule has 1 aromatic carbocycles. The first-order valence-corrected chi connectivity index (χ1v) is 9.66. The van der Waals surface area contributed by atoms with Crippen LogP contribution in [0.1, 0.15) is 47.6 Å². The van der Waals surface area contributed by atoms with Gasteiger partial charge in [-0.15, -0.1) is 0 Å². The number of methoxy groups -OCH3 is 1. The number of hydrogen-bond donors (Lipinski definition) is 1. The second-order valence-corrected chi connectivity index (χ2v) is 7.20. The number of H-pyrrole nitrogens is 1. The lowest BCUT2D eigenvalue weighted by Crippen LogP contribution is -2.24. The van der Waals surface area contributed by atoms with Crippen molar-refractivity contribution in [2.45, 2.75) is 31.7 Å². The number of benzene rings is 1. The van der Waals surface area contributed by atoms with Crippen molar-refractivity contribution in [3.8, 4) is 0 Å². The minimum Gasteiger partial charge on any atom is -0.385 e. The smallest absolute Gasteiger partial charge is 0.164 e. The molecule has 8 heteroatoms. The fraction of sp³-hybridized carbons (Fsp3) is 0.381. The molecular weight excluding hydrogens is 378 g/mol. The van der Waals surface area contributed by atoms with E-state index in [1.54, 1.807) is 13.2 Å². The third kappa shape index (κ3) is 3.85. The van der Waals surface area contributed by atoms with Crippen LogP contribution in [0.25, 0.3) is 11.0 Å². The van der Waals surface area contributed by atoms with Gasteiger partial charge in [-0.25, -0.2) is 13.8 Å². The number of nitrogens with one attached hydrogen (secondary N) is 1. The predicted molar refractivity (Wildman–Crippen MR) is 105 cm³/mol. The van der Waals surface area contributed by atoms with Gasteiger partial charge in [0.15, 0.2) is 17.2 Å². The summed E-state index contributed by atoms with van der Waals surface area (Å²) in [6.45, 7) is 1.18. The van der Waals surface area contributed by atoms with Crippen molar-refractivity contribution in [2.24, 2.45) is 0 Å². The monoisotopic (exact) mass is 400 g/mol. The van der Waals surface area contributed by atoms with E-state index in [-0.39, 0.29) is 11.8 Å². The predicted octanol–water partition coefficient (Wildman–Crippen LogP) is 4.19. The van der Waals surface area contributed by atoms with Gasteiger partial charge in [0.1, 0.15) is 11.6 Å². The molecule has 3 aromatic rings. The van der Waals surface area contributed by atoms with Gasteiger partial charge in [0.2, 0.25) is 0 Å². The molecule has 3 heterocycles. The normalized spacial score (nSPS) is 16.7. The van der Waals surface area contributed by atoms with Gasteiger partial charge in [-0.1, -0.05) is 0 Å². The summed E-state index contributed by atoms with van der Waals surface area (Å²) < 4.78 is 33.1. The van der Waals surface area contributed by atoms with Crippen LogP contribution >= 0.6 is 0 Å². The third-order valence-corrected chi connectivity index (χ3v) is 5.31. The van der Waals surface area contributed by atoms with E-state index in [4.69, 9.17) is 4.74 Å². The highest BCUT2D eigenvalue weighted by Gasteiger charge is 2.31. The number of pyridine rings is 1. The molecule has 0 spiro atoms. The Bertz CT molecular complexity index is 1040. The number of carbonyl (C=O) groups excluding carboxylic acids is 1. The third-order valence-electron chi connectivity index (χ3n) is 5.31. The first-order chi connectivity index (χ1) is 14.1. The number of rotatable bonds is 7. The molecule has 29 heavy (non-hydrogen) atoms. The van der Waals surface area contributed by atoms with Crippen LogP contribution in [0.2, 0.25) is 0 Å². The number of ether oxygens (including phenoxy) is 1. The van der Waals surface area contributed by atoms with E-state index in [0.717, 1.165) is 18.6 Å². The van der Waals surface area contributed by atoms with Crippen LogP contribution in [0, 0.1) is 11.6 Å². The molecule has 152 valence electrons. The number of carbonyl (C=O) groups is 1. The standard InChI is InChI=1S/C21H22F2N4O2/c1-29-9-3-5-19(28)13-10-16-20(24-12-13)25-26-21(16)27-8-2-4-18(27)15-11-14(22)6-7-17(15)23/h6-7,10-12,18H,2-5,8-9H2,1H3,(H,24,25,26)/t18-/m1/s1. The Morgan fingerprint density at radius 2 is 2.21 bits per heavy atom. The van der Waals surface area contributed by atoms with Crippen LogP contribution in [0.5, 0.6) is 0 Å². The van der Waals surface area contributed by atoms with Crippen LogP contribution in [-0.2, 0) is 4.74 Å². The highest BCUT2D eigenvalue weighted by Crippen LogP contribution is 2.39. The molecule has 1 N–H and O–H groups in total. The fourth-order valence-corrected chi connectivity index (χ4v) is 3.90.